The van der Waals surface area contributed by atoms with Crippen LogP contribution in [-0.4, -0.2) is 20.9 Å². The highest BCUT2D eigenvalue weighted by Crippen LogP contribution is 2.43. The molecule has 1 N–H and O–H groups in total. The van der Waals surface area contributed by atoms with E-state index in [0.29, 0.717) is 37.8 Å². The lowest BCUT2D eigenvalue weighted by atomic mass is 9.98. The Morgan fingerprint density at radius 2 is 1.65 bits per heavy atom. The highest BCUT2D eigenvalue weighted by Gasteiger charge is 2.30. The third-order valence-electron chi connectivity index (χ3n) is 5.11. The molecule has 1 aliphatic heterocycles. The summed E-state index contributed by atoms with van der Waals surface area (Å²) in [7, 11) is 0. The van der Waals surface area contributed by atoms with E-state index in [2.05, 4.69) is 5.10 Å². The Kier molecular flexibility index (Phi) is 4.89. The van der Waals surface area contributed by atoms with Crippen molar-refractivity contribution in [3.05, 3.63) is 87.0 Å². The molecule has 31 heavy (non-hydrogen) atoms. The van der Waals surface area contributed by atoms with E-state index in [0.717, 1.165) is 16.7 Å². The molecule has 0 bridgehead atoms. The number of carboxylic acid groups (broad SMARTS) is 1. The van der Waals surface area contributed by atoms with E-state index in [9.17, 15) is 9.90 Å². The van der Waals surface area contributed by atoms with Crippen molar-refractivity contribution in [1.29, 1.82) is 0 Å². The van der Waals surface area contributed by atoms with Gasteiger partial charge in [-0.3, -0.25) is 0 Å². The lowest BCUT2D eigenvalue weighted by Crippen LogP contribution is -2.09. The molecule has 0 amide bonds. The summed E-state index contributed by atoms with van der Waals surface area (Å²) in [5.74, 6) is -0.506. The van der Waals surface area contributed by atoms with Crippen molar-refractivity contribution in [2.45, 2.75) is 6.61 Å². The number of halogens is 3. The number of carboxylic acids is 1. The van der Waals surface area contributed by atoms with Gasteiger partial charge < -0.3 is 9.84 Å². The highest BCUT2D eigenvalue weighted by molar-refractivity contribution is 6.35. The van der Waals surface area contributed by atoms with Crippen LogP contribution in [0, 0.1) is 0 Å². The summed E-state index contributed by atoms with van der Waals surface area (Å²) in [5, 5.41) is 15.5. The van der Waals surface area contributed by atoms with Crippen LogP contribution in [0.2, 0.25) is 15.1 Å². The predicted molar refractivity (Wildman–Crippen MR) is 121 cm³/mol. The molecule has 1 aromatic heterocycles. The number of aromatic nitrogens is 2. The summed E-state index contributed by atoms with van der Waals surface area (Å²) < 4.78 is 7.47. The minimum atomic E-state index is -1.13. The first-order valence-electron chi connectivity index (χ1n) is 9.26. The minimum Gasteiger partial charge on any atom is -0.488 e. The SMILES string of the molecule is O=C(O)c1nn(-c2ccc(Cl)cc2Cl)c2c1COc1cc(-c3ccc(Cl)cc3)ccc1-2. The Bertz CT molecular complexity index is 1350. The first-order valence-corrected chi connectivity index (χ1v) is 10.4. The molecule has 0 spiro atoms. The second-order valence-electron chi connectivity index (χ2n) is 6.99. The molecule has 0 saturated carbocycles. The van der Waals surface area contributed by atoms with Gasteiger partial charge in [0.15, 0.2) is 5.69 Å². The maximum atomic E-state index is 11.8. The van der Waals surface area contributed by atoms with Gasteiger partial charge in [0.2, 0.25) is 0 Å². The molecule has 8 heteroatoms. The van der Waals surface area contributed by atoms with Gasteiger partial charge in [-0.1, -0.05) is 53.0 Å². The number of fused-ring (bicyclic) bond motifs is 3. The fourth-order valence-corrected chi connectivity index (χ4v) is 4.29. The average Bonchev–Trinajstić information content (AvgIpc) is 3.14. The predicted octanol–water partition coefficient (Wildman–Crippen LogP) is 6.76. The average molecular weight is 472 g/mol. The molecule has 0 atom stereocenters. The van der Waals surface area contributed by atoms with Crippen molar-refractivity contribution in [1.82, 2.24) is 9.78 Å². The van der Waals surface area contributed by atoms with Gasteiger partial charge in [0.25, 0.3) is 0 Å². The number of benzene rings is 3. The summed E-state index contributed by atoms with van der Waals surface area (Å²) in [4.78, 5) is 11.8. The normalized spacial score (nSPS) is 12.1. The Labute approximate surface area is 192 Å². The molecule has 0 fully saturated rings. The lowest BCUT2D eigenvalue weighted by molar-refractivity contribution is 0.0687. The Morgan fingerprint density at radius 3 is 2.35 bits per heavy atom. The van der Waals surface area contributed by atoms with Gasteiger partial charge in [-0.2, -0.15) is 5.10 Å². The number of carbonyl (C=O) groups is 1. The molecule has 3 aromatic carbocycles. The Morgan fingerprint density at radius 1 is 0.935 bits per heavy atom. The van der Waals surface area contributed by atoms with Gasteiger partial charge in [0.1, 0.15) is 12.4 Å². The Hall–Kier alpha value is -2.99. The second kappa shape index (κ2) is 7.61. The molecule has 1 aliphatic rings. The topological polar surface area (TPSA) is 64.3 Å². The molecule has 154 valence electrons. The first-order chi connectivity index (χ1) is 14.9. The van der Waals surface area contributed by atoms with Crippen molar-refractivity contribution < 1.29 is 14.6 Å². The summed E-state index contributed by atoms with van der Waals surface area (Å²) >= 11 is 18.4. The lowest BCUT2D eigenvalue weighted by Gasteiger charge is -2.21. The smallest absolute Gasteiger partial charge is 0.356 e. The van der Waals surface area contributed by atoms with E-state index in [1.165, 1.54) is 0 Å². The van der Waals surface area contributed by atoms with Gasteiger partial charge in [0.05, 0.1) is 22.0 Å². The van der Waals surface area contributed by atoms with Crippen molar-refractivity contribution in [2.24, 2.45) is 0 Å². The van der Waals surface area contributed by atoms with Crippen molar-refractivity contribution in [3.8, 4) is 33.8 Å². The third-order valence-corrected chi connectivity index (χ3v) is 5.90. The van der Waals surface area contributed by atoms with Gasteiger partial charge >= 0.3 is 5.97 Å². The number of hydrogen-bond donors (Lipinski definition) is 1. The fourth-order valence-electron chi connectivity index (χ4n) is 3.67. The van der Waals surface area contributed by atoms with Crippen LogP contribution in [0.1, 0.15) is 16.1 Å². The van der Waals surface area contributed by atoms with E-state index in [1.807, 2.05) is 42.5 Å². The van der Waals surface area contributed by atoms with Gasteiger partial charge in [-0.15, -0.1) is 0 Å². The number of ether oxygens (including phenoxy) is 1. The number of nitrogens with zero attached hydrogens (tertiary/aromatic N) is 2. The monoisotopic (exact) mass is 470 g/mol. The molecule has 0 aliphatic carbocycles. The number of rotatable bonds is 3. The van der Waals surface area contributed by atoms with E-state index < -0.39 is 5.97 Å². The first kappa shape index (κ1) is 19.9. The maximum absolute atomic E-state index is 11.8. The minimum absolute atomic E-state index is 0.0755. The van der Waals surface area contributed by atoms with Crippen LogP contribution < -0.4 is 4.74 Å². The summed E-state index contributed by atoms with van der Waals surface area (Å²) in [6, 6.07) is 18.3. The molecule has 5 nitrogen and oxygen atoms in total. The van der Waals surface area contributed by atoms with Gasteiger partial charge in [-0.05, 0) is 53.6 Å². The molecule has 2 heterocycles. The number of hydrogen-bond acceptors (Lipinski definition) is 3. The standard InChI is InChI=1S/C23H13Cl3N2O3/c24-14-4-1-12(2-5-14)13-3-7-16-20(9-13)31-11-17-21(23(29)30)27-28(22(16)17)19-8-6-15(25)10-18(19)26/h1-10H,11H2,(H,29,30). The van der Waals surface area contributed by atoms with E-state index in [1.54, 1.807) is 22.9 Å². The van der Waals surface area contributed by atoms with Crippen LogP contribution in [0.25, 0.3) is 28.1 Å². The van der Waals surface area contributed by atoms with Gasteiger partial charge in [-0.25, -0.2) is 9.48 Å². The molecule has 0 unspecified atom stereocenters. The molecule has 0 saturated heterocycles. The van der Waals surface area contributed by atoms with E-state index in [4.69, 9.17) is 39.5 Å². The molecular weight excluding hydrogens is 459 g/mol. The summed E-state index contributed by atoms with van der Waals surface area (Å²) in [6.07, 6.45) is 0. The van der Waals surface area contributed by atoms with Crippen LogP contribution in [0.4, 0.5) is 0 Å². The third kappa shape index (κ3) is 3.45. The fraction of sp³-hybridized carbons (Fsp3) is 0.0435. The van der Waals surface area contributed by atoms with Gasteiger partial charge in [0, 0.05) is 15.6 Å². The zero-order valence-corrected chi connectivity index (χ0v) is 18.0. The van der Waals surface area contributed by atoms with Crippen LogP contribution in [-0.2, 0) is 6.61 Å². The molecule has 5 rings (SSSR count). The quantitative estimate of drug-likeness (QED) is 0.359. The van der Waals surface area contributed by atoms with Crippen molar-refractivity contribution in [3.63, 3.8) is 0 Å². The maximum Gasteiger partial charge on any atom is 0.356 e. The van der Waals surface area contributed by atoms with Crippen LogP contribution in [0.15, 0.2) is 60.7 Å². The van der Waals surface area contributed by atoms with Crippen molar-refractivity contribution >= 4 is 40.8 Å². The second-order valence-corrected chi connectivity index (χ2v) is 8.28. The van der Waals surface area contributed by atoms with Crippen molar-refractivity contribution in [2.75, 3.05) is 0 Å². The number of aromatic carboxylic acids is 1. The van der Waals surface area contributed by atoms with E-state index >= 15 is 0 Å². The molecule has 0 radical (unpaired) electrons. The van der Waals surface area contributed by atoms with Crippen LogP contribution >= 0.6 is 34.8 Å². The van der Waals surface area contributed by atoms with E-state index in [-0.39, 0.29) is 12.3 Å². The summed E-state index contributed by atoms with van der Waals surface area (Å²) in [5.41, 5.74) is 4.24. The largest absolute Gasteiger partial charge is 0.488 e. The highest BCUT2D eigenvalue weighted by atomic mass is 35.5. The summed E-state index contributed by atoms with van der Waals surface area (Å²) in [6.45, 7) is 0.0826. The molecule has 4 aromatic rings. The Balaban J connectivity index is 1.70. The van der Waals surface area contributed by atoms with Crippen LogP contribution in [0.5, 0.6) is 5.75 Å². The van der Waals surface area contributed by atoms with Crippen LogP contribution in [0.3, 0.4) is 0 Å². The zero-order chi connectivity index (χ0) is 21.7. The molecular formula is C23H13Cl3N2O3. The zero-order valence-electron chi connectivity index (χ0n) is 15.8.